The first-order valence-electron chi connectivity index (χ1n) is 8.77. The van der Waals surface area contributed by atoms with Gasteiger partial charge in [-0.1, -0.05) is 23.7 Å². The summed E-state index contributed by atoms with van der Waals surface area (Å²) in [6.07, 6.45) is 0. The number of hydrogen-bond acceptors (Lipinski definition) is 6. The predicted molar refractivity (Wildman–Crippen MR) is 107 cm³/mol. The minimum atomic E-state index is -0.438. The monoisotopic (exact) mass is 407 g/mol. The van der Waals surface area contributed by atoms with Crippen molar-refractivity contribution in [2.45, 2.75) is 6.54 Å². The van der Waals surface area contributed by atoms with Gasteiger partial charge in [0.05, 0.1) is 26.4 Å². The maximum atomic E-state index is 12.8. The van der Waals surface area contributed by atoms with Crippen molar-refractivity contribution in [3.8, 4) is 0 Å². The van der Waals surface area contributed by atoms with Crippen molar-refractivity contribution in [1.82, 2.24) is 18.7 Å². The van der Waals surface area contributed by atoms with Crippen LogP contribution in [0.1, 0.15) is 5.56 Å². The first-order chi connectivity index (χ1) is 13.4. The number of hydrogen-bond donors (Lipinski definition) is 2. The van der Waals surface area contributed by atoms with Gasteiger partial charge < -0.3 is 15.2 Å². The fourth-order valence-corrected chi connectivity index (χ4v) is 3.04. The van der Waals surface area contributed by atoms with E-state index in [1.807, 2.05) is 12.1 Å². The Morgan fingerprint density at radius 2 is 1.86 bits per heavy atom. The second kappa shape index (κ2) is 8.59. The van der Waals surface area contributed by atoms with Crippen LogP contribution >= 0.6 is 11.6 Å². The fraction of sp³-hybridized carbons (Fsp3) is 0.389. The molecule has 10 heteroatoms. The summed E-state index contributed by atoms with van der Waals surface area (Å²) in [5.41, 5.74) is 0.717. The van der Waals surface area contributed by atoms with Gasteiger partial charge in [0.25, 0.3) is 5.56 Å². The molecule has 2 aromatic heterocycles. The van der Waals surface area contributed by atoms with Gasteiger partial charge in [0.1, 0.15) is 0 Å². The van der Waals surface area contributed by atoms with Crippen LogP contribution in [0.5, 0.6) is 0 Å². The number of imidazole rings is 1. The maximum absolute atomic E-state index is 12.8. The summed E-state index contributed by atoms with van der Waals surface area (Å²) in [5.74, 6) is 0.454. The maximum Gasteiger partial charge on any atom is 0.332 e. The molecule has 3 rings (SSSR count). The van der Waals surface area contributed by atoms with E-state index in [0.717, 1.165) is 10.1 Å². The highest BCUT2D eigenvalue weighted by atomic mass is 35.5. The van der Waals surface area contributed by atoms with Crippen molar-refractivity contribution in [2.24, 2.45) is 14.1 Å². The average Bonchev–Trinajstić information content (AvgIpc) is 3.04. The average molecular weight is 408 g/mol. The van der Waals surface area contributed by atoms with E-state index in [0.29, 0.717) is 41.8 Å². The summed E-state index contributed by atoms with van der Waals surface area (Å²) < 4.78 is 9.41. The van der Waals surface area contributed by atoms with E-state index in [-0.39, 0.29) is 13.2 Å². The number of aromatic nitrogens is 4. The highest BCUT2D eigenvalue weighted by Crippen LogP contribution is 2.19. The molecule has 1 aromatic carbocycles. The van der Waals surface area contributed by atoms with Crippen LogP contribution in [0.25, 0.3) is 11.2 Å². The van der Waals surface area contributed by atoms with Crippen LogP contribution in [0.15, 0.2) is 33.9 Å². The molecule has 9 nitrogen and oxygen atoms in total. The Hall–Kier alpha value is -2.62. The molecule has 0 aliphatic rings. The minimum absolute atomic E-state index is 0.0484. The third kappa shape index (κ3) is 3.96. The first kappa shape index (κ1) is 20.1. The Kier molecular flexibility index (Phi) is 6.18. The van der Waals surface area contributed by atoms with Crippen LogP contribution < -0.4 is 16.6 Å². The molecule has 2 heterocycles. The molecule has 0 aliphatic heterocycles. The minimum Gasteiger partial charge on any atom is -0.394 e. The number of fused-ring (bicyclic) bond motifs is 1. The summed E-state index contributed by atoms with van der Waals surface area (Å²) in [6, 6.07) is 7.29. The molecule has 0 unspecified atom stereocenters. The number of aryl methyl sites for hydroxylation is 1. The van der Waals surface area contributed by atoms with E-state index in [9.17, 15) is 9.59 Å². The lowest BCUT2D eigenvalue weighted by Crippen LogP contribution is -2.37. The quantitative estimate of drug-likeness (QED) is 0.529. The molecule has 0 fully saturated rings. The molecular formula is C18H22ClN5O4. The molecule has 0 spiro atoms. The number of rotatable bonds is 8. The Morgan fingerprint density at radius 1 is 1.14 bits per heavy atom. The smallest absolute Gasteiger partial charge is 0.332 e. The third-order valence-corrected chi connectivity index (χ3v) is 4.62. The van der Waals surface area contributed by atoms with Gasteiger partial charge in [-0.05, 0) is 17.7 Å². The number of aliphatic hydroxyl groups is 1. The number of aliphatic hydroxyl groups excluding tert-OH is 1. The molecule has 0 radical (unpaired) electrons. The predicted octanol–water partition coefficient (Wildman–Crippen LogP) is 0.556. The van der Waals surface area contributed by atoms with Crippen molar-refractivity contribution in [3.63, 3.8) is 0 Å². The van der Waals surface area contributed by atoms with E-state index < -0.39 is 11.2 Å². The molecule has 0 bridgehead atoms. The van der Waals surface area contributed by atoms with Gasteiger partial charge in [-0.15, -0.1) is 0 Å². The van der Waals surface area contributed by atoms with Crippen LogP contribution in [0.4, 0.5) is 5.95 Å². The van der Waals surface area contributed by atoms with Crippen LogP contribution in [-0.4, -0.2) is 50.2 Å². The summed E-state index contributed by atoms with van der Waals surface area (Å²) in [5, 5.41) is 12.5. The van der Waals surface area contributed by atoms with Gasteiger partial charge in [-0.25, -0.2) is 4.79 Å². The van der Waals surface area contributed by atoms with Crippen molar-refractivity contribution in [3.05, 3.63) is 55.7 Å². The molecule has 0 atom stereocenters. The van der Waals surface area contributed by atoms with Gasteiger partial charge in [0, 0.05) is 25.7 Å². The Morgan fingerprint density at radius 3 is 2.54 bits per heavy atom. The van der Waals surface area contributed by atoms with Gasteiger partial charge in [0.2, 0.25) is 5.95 Å². The molecule has 0 saturated carbocycles. The molecule has 3 aromatic rings. The van der Waals surface area contributed by atoms with Crippen LogP contribution in [0.3, 0.4) is 0 Å². The lowest BCUT2D eigenvalue weighted by Gasteiger charge is -2.11. The second-order valence-electron chi connectivity index (χ2n) is 6.29. The molecule has 0 aliphatic carbocycles. The standard InChI is InChI=1S/C18H22ClN5O4/c1-22-15-14(16(26)23(2)18(22)27)24(11-12-3-5-13(19)6-4-12)17(21-15)20-7-9-28-10-8-25/h3-6,25H,7-11H2,1-2H3,(H,20,21). The Balaban J connectivity index is 2.05. The lowest BCUT2D eigenvalue weighted by molar-refractivity contribution is 0.0991. The molecule has 28 heavy (non-hydrogen) atoms. The molecule has 0 saturated heterocycles. The third-order valence-electron chi connectivity index (χ3n) is 4.37. The zero-order chi connectivity index (χ0) is 20.3. The zero-order valence-corrected chi connectivity index (χ0v) is 16.4. The van der Waals surface area contributed by atoms with Gasteiger partial charge in [-0.3, -0.25) is 18.5 Å². The van der Waals surface area contributed by atoms with Crippen LogP contribution in [0, 0.1) is 0 Å². The summed E-state index contributed by atoms with van der Waals surface area (Å²) in [6.45, 7) is 1.37. The van der Waals surface area contributed by atoms with Crippen molar-refractivity contribution in [1.29, 1.82) is 0 Å². The first-order valence-corrected chi connectivity index (χ1v) is 9.15. The highest BCUT2D eigenvalue weighted by Gasteiger charge is 2.19. The summed E-state index contributed by atoms with van der Waals surface area (Å²) >= 11 is 5.96. The normalized spacial score (nSPS) is 11.3. The van der Waals surface area contributed by atoms with Crippen molar-refractivity contribution in [2.75, 3.05) is 31.7 Å². The van der Waals surface area contributed by atoms with Gasteiger partial charge in [-0.2, -0.15) is 4.98 Å². The van der Waals surface area contributed by atoms with Crippen LogP contribution in [-0.2, 0) is 25.4 Å². The van der Waals surface area contributed by atoms with Gasteiger partial charge in [0.15, 0.2) is 11.2 Å². The SMILES string of the molecule is Cn1c(=O)c2c(nc(NCCOCCO)n2Cc2ccc(Cl)cc2)n(C)c1=O. The highest BCUT2D eigenvalue weighted by molar-refractivity contribution is 6.30. The molecule has 150 valence electrons. The van der Waals surface area contributed by atoms with Crippen LogP contribution in [0.2, 0.25) is 5.02 Å². The Labute approximate surface area is 165 Å². The van der Waals surface area contributed by atoms with E-state index in [4.69, 9.17) is 21.4 Å². The van der Waals surface area contributed by atoms with E-state index in [1.54, 1.807) is 23.7 Å². The molecule has 2 N–H and O–H groups in total. The lowest BCUT2D eigenvalue weighted by atomic mass is 10.2. The van der Waals surface area contributed by atoms with E-state index in [1.165, 1.54) is 11.6 Å². The number of anilines is 1. The number of benzene rings is 1. The topological polar surface area (TPSA) is 103 Å². The Bertz CT molecular complexity index is 1080. The fourth-order valence-electron chi connectivity index (χ4n) is 2.91. The summed E-state index contributed by atoms with van der Waals surface area (Å²) in [4.78, 5) is 29.5. The van der Waals surface area contributed by atoms with E-state index >= 15 is 0 Å². The van der Waals surface area contributed by atoms with Gasteiger partial charge >= 0.3 is 5.69 Å². The zero-order valence-electron chi connectivity index (χ0n) is 15.7. The molecule has 0 amide bonds. The largest absolute Gasteiger partial charge is 0.394 e. The number of nitrogens with one attached hydrogen (secondary N) is 1. The number of ether oxygens (including phenoxy) is 1. The van der Waals surface area contributed by atoms with Crippen molar-refractivity contribution >= 4 is 28.7 Å². The summed E-state index contributed by atoms with van der Waals surface area (Å²) in [7, 11) is 3.03. The number of nitrogens with zero attached hydrogens (tertiary/aromatic N) is 4. The number of halogens is 1. The second-order valence-corrected chi connectivity index (χ2v) is 6.73. The van der Waals surface area contributed by atoms with E-state index in [2.05, 4.69) is 10.3 Å². The van der Waals surface area contributed by atoms with Crippen molar-refractivity contribution < 1.29 is 9.84 Å². The molecular weight excluding hydrogens is 386 g/mol.